The summed E-state index contributed by atoms with van der Waals surface area (Å²) in [6.07, 6.45) is 9.57. The van der Waals surface area contributed by atoms with Crippen LogP contribution in [0.15, 0.2) is 49.1 Å². The van der Waals surface area contributed by atoms with Crippen molar-refractivity contribution in [1.82, 2.24) is 0 Å². The van der Waals surface area contributed by atoms with Crippen LogP contribution < -0.4 is 9.47 Å². The van der Waals surface area contributed by atoms with Crippen molar-refractivity contribution in [2.75, 3.05) is 13.2 Å². The number of hydrogen-bond donors (Lipinski definition) is 0. The number of ether oxygens (including phenoxy) is 3. The van der Waals surface area contributed by atoms with Gasteiger partial charge < -0.3 is 14.2 Å². The molecule has 1 aliphatic carbocycles. The fourth-order valence-corrected chi connectivity index (χ4v) is 5.11. The van der Waals surface area contributed by atoms with Crippen LogP contribution in [0, 0.1) is 23.5 Å². The van der Waals surface area contributed by atoms with Gasteiger partial charge in [-0.3, -0.25) is 0 Å². The Labute approximate surface area is 195 Å². The summed E-state index contributed by atoms with van der Waals surface area (Å²) in [7, 11) is 0. The van der Waals surface area contributed by atoms with E-state index in [1.165, 1.54) is 49.8 Å². The van der Waals surface area contributed by atoms with Gasteiger partial charge in [-0.2, -0.15) is 8.78 Å². The zero-order valence-corrected chi connectivity index (χ0v) is 19.4. The number of benzene rings is 2. The van der Waals surface area contributed by atoms with E-state index in [4.69, 9.17) is 14.2 Å². The summed E-state index contributed by atoms with van der Waals surface area (Å²) in [6, 6.07) is 11.1. The first-order chi connectivity index (χ1) is 16.1. The highest BCUT2D eigenvalue weighted by Crippen LogP contribution is 2.40. The molecule has 2 unspecified atom stereocenters. The highest BCUT2D eigenvalue weighted by molar-refractivity contribution is 5.35. The topological polar surface area (TPSA) is 27.7 Å². The van der Waals surface area contributed by atoms with Crippen LogP contribution in [0.3, 0.4) is 0 Å². The average molecular weight is 457 g/mol. The predicted octanol–water partition coefficient (Wildman–Crippen LogP) is 7.20. The third-order valence-corrected chi connectivity index (χ3v) is 7.13. The molecule has 0 bridgehead atoms. The highest BCUT2D eigenvalue weighted by Gasteiger charge is 2.31. The molecule has 1 aliphatic heterocycles. The van der Waals surface area contributed by atoms with Gasteiger partial charge in [0.2, 0.25) is 11.6 Å². The van der Waals surface area contributed by atoms with Crippen LogP contribution in [-0.4, -0.2) is 19.3 Å². The first kappa shape index (κ1) is 23.7. The molecule has 4 rings (SSSR count). The second-order valence-electron chi connectivity index (χ2n) is 9.21. The Kier molecular flexibility index (Phi) is 8.02. The molecule has 1 heterocycles. The highest BCUT2D eigenvalue weighted by atomic mass is 19.2. The van der Waals surface area contributed by atoms with Gasteiger partial charge in [-0.15, -0.1) is 6.58 Å². The maximum Gasteiger partial charge on any atom is 0.204 e. The lowest BCUT2D eigenvalue weighted by atomic mass is 9.75. The zero-order chi connectivity index (χ0) is 23.2. The van der Waals surface area contributed by atoms with E-state index < -0.39 is 11.6 Å². The summed E-state index contributed by atoms with van der Waals surface area (Å²) < 4.78 is 45.0. The molecule has 1 saturated heterocycles. The SMILES string of the molecule is C=CC1CCC(C2CCC(c3ccc(COc4ccc(OCC)c(F)c4F)cc3)CC2)OC1. The van der Waals surface area contributed by atoms with E-state index in [2.05, 4.69) is 18.7 Å². The van der Waals surface area contributed by atoms with E-state index in [0.29, 0.717) is 23.9 Å². The van der Waals surface area contributed by atoms with Gasteiger partial charge in [0, 0.05) is 5.92 Å². The summed E-state index contributed by atoms with van der Waals surface area (Å²) >= 11 is 0. The molecule has 0 N–H and O–H groups in total. The van der Waals surface area contributed by atoms with Crippen LogP contribution in [0.4, 0.5) is 8.78 Å². The second-order valence-corrected chi connectivity index (χ2v) is 9.21. The minimum atomic E-state index is -1.02. The molecular formula is C28H34F2O3. The molecule has 2 aromatic carbocycles. The molecule has 178 valence electrons. The van der Waals surface area contributed by atoms with Crippen molar-refractivity contribution in [3.05, 3.63) is 71.8 Å². The van der Waals surface area contributed by atoms with Gasteiger partial charge in [0.25, 0.3) is 0 Å². The monoisotopic (exact) mass is 456 g/mol. The Morgan fingerprint density at radius 2 is 1.58 bits per heavy atom. The lowest BCUT2D eigenvalue weighted by Crippen LogP contribution is -2.33. The van der Waals surface area contributed by atoms with Gasteiger partial charge >= 0.3 is 0 Å². The van der Waals surface area contributed by atoms with Crippen molar-refractivity contribution < 1.29 is 23.0 Å². The van der Waals surface area contributed by atoms with E-state index in [1.807, 2.05) is 18.2 Å². The van der Waals surface area contributed by atoms with Gasteiger partial charge in [0.1, 0.15) is 6.61 Å². The van der Waals surface area contributed by atoms with Crippen molar-refractivity contribution >= 4 is 0 Å². The summed E-state index contributed by atoms with van der Waals surface area (Å²) in [6.45, 7) is 6.89. The zero-order valence-electron chi connectivity index (χ0n) is 19.4. The van der Waals surface area contributed by atoms with E-state index in [1.54, 1.807) is 6.92 Å². The van der Waals surface area contributed by atoms with Crippen LogP contribution in [0.2, 0.25) is 0 Å². The maximum atomic E-state index is 14.2. The largest absolute Gasteiger partial charge is 0.491 e. The van der Waals surface area contributed by atoms with Crippen LogP contribution >= 0.6 is 0 Å². The molecule has 5 heteroatoms. The van der Waals surface area contributed by atoms with Crippen LogP contribution in [0.1, 0.15) is 62.5 Å². The first-order valence-corrected chi connectivity index (χ1v) is 12.2. The summed E-state index contributed by atoms with van der Waals surface area (Å²) in [5, 5.41) is 0. The average Bonchev–Trinajstić information content (AvgIpc) is 2.87. The van der Waals surface area contributed by atoms with Crippen LogP contribution in [0.5, 0.6) is 11.5 Å². The van der Waals surface area contributed by atoms with Gasteiger partial charge in [-0.25, -0.2) is 0 Å². The molecule has 2 aliphatic rings. The molecule has 2 atom stereocenters. The van der Waals surface area contributed by atoms with Crippen molar-refractivity contribution in [3.8, 4) is 11.5 Å². The molecule has 33 heavy (non-hydrogen) atoms. The minimum absolute atomic E-state index is 0.0996. The lowest BCUT2D eigenvalue weighted by molar-refractivity contribution is -0.0469. The fourth-order valence-electron chi connectivity index (χ4n) is 5.11. The van der Waals surface area contributed by atoms with Crippen molar-refractivity contribution in [3.63, 3.8) is 0 Å². The third kappa shape index (κ3) is 5.75. The Balaban J connectivity index is 1.27. The first-order valence-electron chi connectivity index (χ1n) is 12.2. The fraction of sp³-hybridized carbons (Fsp3) is 0.500. The smallest absolute Gasteiger partial charge is 0.204 e. The van der Waals surface area contributed by atoms with Gasteiger partial charge in [-0.05, 0) is 80.5 Å². The van der Waals surface area contributed by atoms with Crippen molar-refractivity contribution in [2.24, 2.45) is 11.8 Å². The van der Waals surface area contributed by atoms with Crippen LogP contribution in [-0.2, 0) is 11.3 Å². The van der Waals surface area contributed by atoms with Crippen molar-refractivity contribution in [1.29, 1.82) is 0 Å². The number of halogens is 2. The Bertz CT molecular complexity index is 911. The molecular weight excluding hydrogens is 422 g/mol. The van der Waals surface area contributed by atoms with E-state index in [9.17, 15) is 8.78 Å². The summed E-state index contributed by atoms with van der Waals surface area (Å²) in [5.41, 5.74) is 2.26. The summed E-state index contributed by atoms with van der Waals surface area (Å²) in [5.74, 6) is -0.483. The molecule has 1 saturated carbocycles. The Morgan fingerprint density at radius 3 is 2.15 bits per heavy atom. The summed E-state index contributed by atoms with van der Waals surface area (Å²) in [4.78, 5) is 0. The molecule has 0 amide bonds. The quantitative estimate of drug-likeness (QED) is 0.393. The molecule has 3 nitrogen and oxygen atoms in total. The van der Waals surface area contributed by atoms with Gasteiger partial charge in [0.05, 0.1) is 19.3 Å². The lowest BCUT2D eigenvalue weighted by Gasteiger charge is -2.37. The van der Waals surface area contributed by atoms with E-state index in [0.717, 1.165) is 18.6 Å². The minimum Gasteiger partial charge on any atom is -0.491 e. The molecule has 2 fully saturated rings. The Morgan fingerprint density at radius 1 is 0.909 bits per heavy atom. The van der Waals surface area contributed by atoms with E-state index in [-0.39, 0.29) is 24.7 Å². The standard InChI is InChI=1S/C28H34F2O3/c1-3-19-7-14-24(32-17-19)23-12-10-22(11-13-23)21-8-5-20(6-9-21)18-33-26-16-15-25(31-4-2)27(29)28(26)30/h3,5-6,8-9,15-16,19,22-24H,1,4,7,10-14,17-18H2,2H3. The molecule has 0 spiro atoms. The van der Waals surface area contributed by atoms with Crippen LogP contribution in [0.25, 0.3) is 0 Å². The second kappa shape index (κ2) is 11.1. The molecule has 0 radical (unpaired) electrons. The number of hydrogen-bond acceptors (Lipinski definition) is 3. The van der Waals surface area contributed by atoms with Gasteiger partial charge in [0.15, 0.2) is 11.5 Å². The maximum absolute atomic E-state index is 14.2. The third-order valence-electron chi connectivity index (χ3n) is 7.13. The van der Waals surface area contributed by atoms with Crippen molar-refractivity contribution in [2.45, 2.75) is 64.1 Å². The Hall–Kier alpha value is -2.40. The van der Waals surface area contributed by atoms with Gasteiger partial charge in [-0.1, -0.05) is 30.3 Å². The predicted molar refractivity (Wildman–Crippen MR) is 126 cm³/mol. The number of rotatable bonds is 8. The van der Waals surface area contributed by atoms with E-state index >= 15 is 0 Å². The molecule has 0 aromatic heterocycles. The normalized spacial score (nSPS) is 25.4. The molecule has 2 aromatic rings.